The maximum Gasteiger partial charge on any atom is 0.200 e. The summed E-state index contributed by atoms with van der Waals surface area (Å²) >= 11 is 0. The smallest absolute Gasteiger partial charge is 0.200 e. The van der Waals surface area contributed by atoms with Crippen LogP contribution in [0.15, 0.2) is 16.5 Å². The minimum absolute atomic E-state index is 0.0587. The Hall–Kier alpha value is -1.51. The first-order valence-electron chi connectivity index (χ1n) is 6.30. The molecule has 0 bridgehead atoms. The first-order valence-corrected chi connectivity index (χ1v) is 6.30. The van der Waals surface area contributed by atoms with Crippen LogP contribution in [0.4, 0.5) is 5.69 Å². The molecule has 0 aliphatic heterocycles. The van der Waals surface area contributed by atoms with Crippen LogP contribution in [0.1, 0.15) is 53.0 Å². The second-order valence-electron chi connectivity index (χ2n) is 6.93. The second kappa shape index (κ2) is 3.74. The zero-order chi connectivity index (χ0) is 13.7. The van der Waals surface area contributed by atoms with Crippen molar-refractivity contribution in [3.63, 3.8) is 0 Å². The molecule has 0 fully saturated rings. The highest BCUT2D eigenvalue weighted by Crippen LogP contribution is 2.33. The summed E-state index contributed by atoms with van der Waals surface area (Å²) in [6.07, 6.45) is 0. The van der Waals surface area contributed by atoms with Crippen molar-refractivity contribution in [3.8, 4) is 0 Å². The fourth-order valence-electron chi connectivity index (χ4n) is 1.81. The van der Waals surface area contributed by atoms with Crippen molar-refractivity contribution in [2.24, 2.45) is 0 Å². The molecule has 3 nitrogen and oxygen atoms in total. The quantitative estimate of drug-likeness (QED) is 0.715. The summed E-state index contributed by atoms with van der Waals surface area (Å²) in [4.78, 5) is 4.57. The normalized spacial score (nSPS) is 13.2. The number of anilines is 1. The molecule has 0 amide bonds. The number of aromatic nitrogens is 1. The van der Waals surface area contributed by atoms with Gasteiger partial charge in [0.2, 0.25) is 5.89 Å². The standard InChI is InChI=1S/C15H22N2O/c1-14(2,3)9-7-10(16)12-11(8-9)17-13(18-12)15(4,5)6/h7-8H,16H2,1-6H3. The molecule has 1 heterocycles. The van der Waals surface area contributed by atoms with E-state index in [9.17, 15) is 0 Å². The third-order valence-corrected chi connectivity index (χ3v) is 3.03. The summed E-state index contributed by atoms with van der Waals surface area (Å²) in [6, 6.07) is 4.06. The molecule has 2 rings (SSSR count). The summed E-state index contributed by atoms with van der Waals surface area (Å²) in [5.41, 5.74) is 9.43. The van der Waals surface area contributed by atoms with Crippen LogP contribution in [-0.2, 0) is 10.8 Å². The van der Waals surface area contributed by atoms with Crippen LogP contribution in [0.2, 0.25) is 0 Å². The summed E-state index contributed by atoms with van der Waals surface area (Å²) in [7, 11) is 0. The summed E-state index contributed by atoms with van der Waals surface area (Å²) < 4.78 is 5.79. The van der Waals surface area contributed by atoms with E-state index in [1.807, 2.05) is 6.07 Å². The lowest BCUT2D eigenvalue weighted by molar-refractivity contribution is 0.411. The molecule has 1 aromatic heterocycles. The van der Waals surface area contributed by atoms with E-state index in [4.69, 9.17) is 10.2 Å². The molecule has 2 aromatic rings. The average molecular weight is 246 g/mol. The van der Waals surface area contributed by atoms with Gasteiger partial charge >= 0.3 is 0 Å². The summed E-state index contributed by atoms with van der Waals surface area (Å²) in [5.74, 6) is 0.732. The van der Waals surface area contributed by atoms with E-state index in [2.05, 4.69) is 52.6 Å². The maximum atomic E-state index is 6.08. The van der Waals surface area contributed by atoms with Gasteiger partial charge < -0.3 is 10.2 Å². The zero-order valence-corrected chi connectivity index (χ0v) is 12.1. The van der Waals surface area contributed by atoms with E-state index in [-0.39, 0.29) is 10.8 Å². The van der Waals surface area contributed by atoms with E-state index in [1.165, 1.54) is 5.56 Å². The fraction of sp³-hybridized carbons (Fsp3) is 0.533. The minimum Gasteiger partial charge on any atom is -0.438 e. The third-order valence-electron chi connectivity index (χ3n) is 3.03. The molecular formula is C15H22N2O. The van der Waals surface area contributed by atoms with Crippen molar-refractivity contribution in [1.82, 2.24) is 4.98 Å². The first-order chi connectivity index (χ1) is 8.09. The van der Waals surface area contributed by atoms with Gasteiger partial charge in [0.25, 0.3) is 0 Å². The van der Waals surface area contributed by atoms with Gasteiger partial charge in [0.15, 0.2) is 5.58 Å². The Bertz CT molecular complexity index is 583. The van der Waals surface area contributed by atoms with E-state index >= 15 is 0 Å². The Labute approximate surface area is 108 Å². The van der Waals surface area contributed by atoms with Gasteiger partial charge in [0.1, 0.15) is 5.52 Å². The van der Waals surface area contributed by atoms with E-state index < -0.39 is 0 Å². The molecule has 0 unspecified atom stereocenters. The molecule has 18 heavy (non-hydrogen) atoms. The van der Waals surface area contributed by atoms with Crippen LogP contribution in [0.5, 0.6) is 0 Å². The van der Waals surface area contributed by atoms with Gasteiger partial charge in [-0.1, -0.05) is 41.5 Å². The number of fused-ring (bicyclic) bond motifs is 1. The Kier molecular flexibility index (Phi) is 2.69. The van der Waals surface area contributed by atoms with Gasteiger partial charge in [-0.25, -0.2) is 4.98 Å². The Morgan fingerprint density at radius 2 is 1.61 bits per heavy atom. The van der Waals surface area contributed by atoms with E-state index in [1.54, 1.807) is 0 Å². The molecule has 2 N–H and O–H groups in total. The lowest BCUT2D eigenvalue weighted by Crippen LogP contribution is -2.11. The number of nitrogens with two attached hydrogens (primary N) is 1. The predicted octanol–water partition coefficient (Wildman–Crippen LogP) is 4.01. The van der Waals surface area contributed by atoms with Crippen LogP contribution in [0.25, 0.3) is 11.1 Å². The van der Waals surface area contributed by atoms with Gasteiger partial charge in [-0.2, -0.15) is 0 Å². The number of benzene rings is 1. The number of nitrogens with zero attached hydrogens (tertiary/aromatic N) is 1. The number of oxazole rings is 1. The Balaban J connectivity index is 2.67. The average Bonchev–Trinajstić information content (AvgIpc) is 2.59. The minimum atomic E-state index is -0.104. The van der Waals surface area contributed by atoms with Crippen molar-refractivity contribution in [3.05, 3.63) is 23.6 Å². The summed E-state index contributed by atoms with van der Waals surface area (Å²) in [5, 5.41) is 0. The molecule has 0 aliphatic carbocycles. The van der Waals surface area contributed by atoms with Crippen LogP contribution < -0.4 is 5.73 Å². The van der Waals surface area contributed by atoms with Gasteiger partial charge in [-0.3, -0.25) is 0 Å². The lowest BCUT2D eigenvalue weighted by atomic mass is 9.86. The fourth-order valence-corrected chi connectivity index (χ4v) is 1.81. The number of hydrogen-bond donors (Lipinski definition) is 1. The van der Waals surface area contributed by atoms with Crippen molar-refractivity contribution >= 4 is 16.8 Å². The van der Waals surface area contributed by atoms with Crippen molar-refractivity contribution in [2.45, 2.75) is 52.4 Å². The molecule has 3 heteroatoms. The van der Waals surface area contributed by atoms with Crippen LogP contribution in [0, 0.1) is 0 Å². The molecular weight excluding hydrogens is 224 g/mol. The monoisotopic (exact) mass is 246 g/mol. The SMILES string of the molecule is CC(C)(C)c1cc(N)c2oc(C(C)(C)C)nc2c1. The summed E-state index contributed by atoms with van der Waals surface area (Å²) in [6.45, 7) is 12.7. The molecule has 98 valence electrons. The largest absolute Gasteiger partial charge is 0.438 e. The number of nitrogen functional groups attached to an aromatic ring is 1. The third kappa shape index (κ3) is 2.22. The van der Waals surface area contributed by atoms with Gasteiger partial charge in [0, 0.05) is 5.41 Å². The number of hydrogen-bond acceptors (Lipinski definition) is 3. The topological polar surface area (TPSA) is 52.0 Å². The molecule has 0 aliphatic rings. The highest BCUT2D eigenvalue weighted by atomic mass is 16.3. The van der Waals surface area contributed by atoms with Crippen LogP contribution >= 0.6 is 0 Å². The zero-order valence-electron chi connectivity index (χ0n) is 12.1. The maximum absolute atomic E-state index is 6.08. The lowest BCUT2D eigenvalue weighted by Gasteiger charge is -2.19. The molecule has 0 radical (unpaired) electrons. The predicted molar refractivity (Wildman–Crippen MR) is 75.8 cm³/mol. The van der Waals surface area contributed by atoms with Gasteiger partial charge in [-0.05, 0) is 23.1 Å². The van der Waals surface area contributed by atoms with E-state index in [0.29, 0.717) is 11.3 Å². The molecule has 1 aromatic carbocycles. The molecule has 0 atom stereocenters. The molecule has 0 spiro atoms. The van der Waals surface area contributed by atoms with Crippen LogP contribution in [-0.4, -0.2) is 4.98 Å². The number of rotatable bonds is 0. The Morgan fingerprint density at radius 1 is 1.00 bits per heavy atom. The van der Waals surface area contributed by atoms with E-state index in [0.717, 1.165) is 11.4 Å². The highest BCUT2D eigenvalue weighted by molar-refractivity contribution is 5.86. The van der Waals surface area contributed by atoms with Gasteiger partial charge in [0.05, 0.1) is 5.69 Å². The van der Waals surface area contributed by atoms with Crippen LogP contribution in [0.3, 0.4) is 0 Å². The molecule has 0 saturated heterocycles. The first kappa shape index (κ1) is 12.9. The van der Waals surface area contributed by atoms with Crippen molar-refractivity contribution in [1.29, 1.82) is 0 Å². The van der Waals surface area contributed by atoms with Gasteiger partial charge in [-0.15, -0.1) is 0 Å². The van der Waals surface area contributed by atoms with Crippen molar-refractivity contribution in [2.75, 3.05) is 5.73 Å². The van der Waals surface area contributed by atoms with Crippen molar-refractivity contribution < 1.29 is 4.42 Å². The highest BCUT2D eigenvalue weighted by Gasteiger charge is 2.23. The second-order valence-corrected chi connectivity index (χ2v) is 6.93. The Morgan fingerprint density at radius 3 is 2.11 bits per heavy atom. The molecule has 0 saturated carbocycles.